The van der Waals surface area contributed by atoms with E-state index in [0.29, 0.717) is 17.9 Å². The maximum atomic E-state index is 11.8. The van der Waals surface area contributed by atoms with Crippen molar-refractivity contribution in [1.29, 1.82) is 0 Å². The molecule has 1 aromatic heterocycles. The van der Waals surface area contributed by atoms with E-state index >= 15 is 0 Å². The Balaban J connectivity index is 2.16. The molecule has 2 heterocycles. The Morgan fingerprint density at radius 3 is 2.61 bits per heavy atom. The van der Waals surface area contributed by atoms with Gasteiger partial charge in [-0.25, -0.2) is 4.79 Å². The summed E-state index contributed by atoms with van der Waals surface area (Å²) in [5.74, 6) is -1.29. The number of amides is 1. The van der Waals surface area contributed by atoms with Crippen LogP contribution in [0.1, 0.15) is 30.3 Å². The molecule has 1 aromatic rings. The first-order chi connectivity index (χ1) is 8.46. The second-order valence-electron chi connectivity index (χ2n) is 5.04. The molecule has 6 heteroatoms. The standard InChI is InChI=1S/C12H14N2O4/c1-7(15)14-8-5-18-10(11(16)17)9(8)13(2)6-12(14)3-4-12/h5H,3-4,6H2,1-2H3,(H,16,17). The third-order valence-corrected chi connectivity index (χ3v) is 3.71. The van der Waals surface area contributed by atoms with E-state index in [9.17, 15) is 9.59 Å². The molecule has 6 nitrogen and oxygen atoms in total. The number of carboxylic acid groups (broad SMARTS) is 1. The van der Waals surface area contributed by atoms with E-state index in [0.717, 1.165) is 12.8 Å². The number of furan rings is 1. The highest BCUT2D eigenvalue weighted by atomic mass is 16.4. The lowest BCUT2D eigenvalue weighted by Gasteiger charge is -2.40. The molecule has 1 N–H and O–H groups in total. The van der Waals surface area contributed by atoms with Gasteiger partial charge < -0.3 is 14.4 Å². The van der Waals surface area contributed by atoms with Crippen molar-refractivity contribution in [3.05, 3.63) is 12.0 Å². The van der Waals surface area contributed by atoms with E-state index in [-0.39, 0.29) is 17.2 Å². The molecule has 1 aliphatic heterocycles. The molecule has 0 bridgehead atoms. The number of aromatic carboxylic acids is 1. The first-order valence-corrected chi connectivity index (χ1v) is 5.83. The van der Waals surface area contributed by atoms with Gasteiger partial charge in [0.05, 0.1) is 5.54 Å². The highest BCUT2D eigenvalue weighted by Crippen LogP contribution is 2.52. The van der Waals surface area contributed by atoms with Crippen molar-refractivity contribution < 1.29 is 19.1 Å². The molecule has 0 atom stereocenters. The average molecular weight is 250 g/mol. The van der Waals surface area contributed by atoms with Gasteiger partial charge in [0.15, 0.2) is 0 Å². The van der Waals surface area contributed by atoms with E-state index in [1.54, 1.807) is 4.90 Å². The summed E-state index contributed by atoms with van der Waals surface area (Å²) in [5.41, 5.74) is 0.911. The van der Waals surface area contributed by atoms with Gasteiger partial charge in [-0.1, -0.05) is 0 Å². The lowest BCUT2D eigenvalue weighted by molar-refractivity contribution is -0.117. The minimum atomic E-state index is -1.11. The van der Waals surface area contributed by atoms with Crippen molar-refractivity contribution in [3.8, 4) is 0 Å². The SMILES string of the molecule is CC(=O)N1c2coc(C(=O)O)c2N(C)CC12CC2. The van der Waals surface area contributed by atoms with Gasteiger partial charge in [0.2, 0.25) is 11.7 Å². The van der Waals surface area contributed by atoms with Gasteiger partial charge in [0, 0.05) is 20.5 Å². The van der Waals surface area contributed by atoms with Crippen LogP contribution in [0.4, 0.5) is 11.4 Å². The second-order valence-corrected chi connectivity index (χ2v) is 5.04. The Kier molecular flexibility index (Phi) is 2.03. The van der Waals surface area contributed by atoms with Crippen molar-refractivity contribution in [1.82, 2.24) is 0 Å². The predicted octanol–water partition coefficient (Wildman–Crippen LogP) is 1.31. The first-order valence-electron chi connectivity index (χ1n) is 5.83. The molecular weight excluding hydrogens is 236 g/mol. The molecule has 0 radical (unpaired) electrons. The van der Waals surface area contributed by atoms with Crippen LogP contribution in [0.15, 0.2) is 10.7 Å². The van der Waals surface area contributed by atoms with Crippen LogP contribution in [-0.2, 0) is 4.79 Å². The number of nitrogens with zero attached hydrogens (tertiary/aromatic N) is 2. The van der Waals surface area contributed by atoms with E-state index in [4.69, 9.17) is 9.52 Å². The number of carboxylic acids is 1. The van der Waals surface area contributed by atoms with Crippen molar-refractivity contribution in [3.63, 3.8) is 0 Å². The molecule has 0 saturated heterocycles. The molecule has 1 spiro atoms. The molecule has 96 valence electrons. The zero-order chi connectivity index (χ0) is 13.1. The molecule has 2 aliphatic rings. The van der Waals surface area contributed by atoms with E-state index < -0.39 is 5.97 Å². The first kappa shape index (κ1) is 11.1. The normalized spacial score (nSPS) is 19.9. The fourth-order valence-corrected chi connectivity index (χ4v) is 2.90. The summed E-state index contributed by atoms with van der Waals surface area (Å²) in [6.45, 7) is 2.15. The number of fused-ring (bicyclic) bond motifs is 1. The third kappa shape index (κ3) is 1.28. The minimum Gasteiger partial charge on any atom is -0.475 e. The zero-order valence-corrected chi connectivity index (χ0v) is 10.3. The van der Waals surface area contributed by atoms with E-state index in [1.165, 1.54) is 13.2 Å². The van der Waals surface area contributed by atoms with E-state index in [1.807, 2.05) is 11.9 Å². The van der Waals surface area contributed by atoms with Gasteiger partial charge >= 0.3 is 5.97 Å². The van der Waals surface area contributed by atoms with Gasteiger partial charge in [0.25, 0.3) is 0 Å². The maximum Gasteiger partial charge on any atom is 0.374 e. The number of rotatable bonds is 1. The summed E-state index contributed by atoms with van der Waals surface area (Å²) >= 11 is 0. The number of carbonyl (C=O) groups excluding carboxylic acids is 1. The number of anilines is 2. The van der Waals surface area contributed by atoms with Crippen LogP contribution in [0.3, 0.4) is 0 Å². The minimum absolute atomic E-state index is 0.0698. The molecule has 3 rings (SSSR count). The van der Waals surface area contributed by atoms with Gasteiger partial charge in [-0.2, -0.15) is 0 Å². The lowest BCUT2D eigenvalue weighted by Crippen LogP contribution is -2.51. The Labute approximate surface area is 104 Å². The highest BCUT2D eigenvalue weighted by Gasteiger charge is 2.55. The molecular formula is C12H14N2O4. The Bertz CT molecular complexity index is 544. The van der Waals surface area contributed by atoms with Gasteiger partial charge in [0.1, 0.15) is 17.6 Å². The van der Waals surface area contributed by atoms with Crippen molar-refractivity contribution in [2.45, 2.75) is 25.3 Å². The number of hydrogen-bond acceptors (Lipinski definition) is 4. The summed E-state index contributed by atoms with van der Waals surface area (Å²) in [6.07, 6.45) is 3.27. The van der Waals surface area contributed by atoms with Crippen LogP contribution in [0.5, 0.6) is 0 Å². The second kappa shape index (κ2) is 3.28. The topological polar surface area (TPSA) is 74.0 Å². The van der Waals surface area contributed by atoms with Crippen LogP contribution in [0.2, 0.25) is 0 Å². The number of likely N-dealkylation sites (N-methyl/N-ethyl adjacent to an activating group) is 1. The summed E-state index contributed by atoms with van der Waals surface area (Å²) in [6, 6.07) is 0. The summed E-state index contributed by atoms with van der Waals surface area (Å²) in [5, 5.41) is 9.09. The quantitative estimate of drug-likeness (QED) is 0.813. The maximum absolute atomic E-state index is 11.8. The van der Waals surface area contributed by atoms with Crippen molar-refractivity contribution in [2.75, 3.05) is 23.4 Å². The zero-order valence-electron chi connectivity index (χ0n) is 10.3. The van der Waals surface area contributed by atoms with Gasteiger partial charge in [-0.3, -0.25) is 9.69 Å². The molecule has 0 aromatic carbocycles. The summed E-state index contributed by atoms with van der Waals surface area (Å²) < 4.78 is 5.12. The largest absolute Gasteiger partial charge is 0.475 e. The summed E-state index contributed by atoms with van der Waals surface area (Å²) in [7, 11) is 1.83. The number of carbonyl (C=O) groups is 2. The van der Waals surface area contributed by atoms with Crippen molar-refractivity contribution >= 4 is 23.3 Å². The fraction of sp³-hybridized carbons (Fsp3) is 0.500. The van der Waals surface area contributed by atoms with Crippen LogP contribution < -0.4 is 9.80 Å². The third-order valence-electron chi connectivity index (χ3n) is 3.71. The average Bonchev–Trinajstić information content (AvgIpc) is 2.87. The predicted molar refractivity (Wildman–Crippen MR) is 64.1 cm³/mol. The number of hydrogen-bond donors (Lipinski definition) is 1. The van der Waals surface area contributed by atoms with Gasteiger partial charge in [-0.05, 0) is 12.8 Å². The van der Waals surface area contributed by atoms with Crippen LogP contribution in [0.25, 0.3) is 0 Å². The van der Waals surface area contributed by atoms with Crippen LogP contribution >= 0.6 is 0 Å². The molecule has 1 amide bonds. The van der Waals surface area contributed by atoms with E-state index in [2.05, 4.69) is 0 Å². The molecule has 0 unspecified atom stereocenters. The monoisotopic (exact) mass is 250 g/mol. The molecule has 18 heavy (non-hydrogen) atoms. The molecule has 1 fully saturated rings. The Morgan fingerprint density at radius 1 is 1.44 bits per heavy atom. The molecule has 1 aliphatic carbocycles. The Morgan fingerprint density at radius 2 is 2.11 bits per heavy atom. The van der Waals surface area contributed by atoms with Gasteiger partial charge in [-0.15, -0.1) is 0 Å². The fourth-order valence-electron chi connectivity index (χ4n) is 2.90. The Hall–Kier alpha value is -1.98. The molecule has 1 saturated carbocycles. The highest BCUT2D eigenvalue weighted by molar-refractivity contribution is 6.04. The van der Waals surface area contributed by atoms with Crippen molar-refractivity contribution in [2.24, 2.45) is 0 Å². The van der Waals surface area contributed by atoms with Crippen LogP contribution in [-0.4, -0.2) is 36.1 Å². The van der Waals surface area contributed by atoms with Crippen LogP contribution in [0, 0.1) is 0 Å². The smallest absolute Gasteiger partial charge is 0.374 e. The lowest BCUT2D eigenvalue weighted by atomic mass is 10.1. The summed E-state index contributed by atoms with van der Waals surface area (Å²) in [4.78, 5) is 26.5.